The normalized spacial score (nSPS) is 19.4. The molecular weight excluding hydrogens is 260 g/mol. The molecule has 118 valence electrons. The number of hydrogen-bond donors (Lipinski definition) is 1. The Morgan fingerprint density at radius 2 is 1.76 bits per heavy atom. The highest BCUT2D eigenvalue weighted by Crippen LogP contribution is 2.34. The molecule has 3 rings (SSSR count). The molecule has 0 bridgehead atoms. The third-order valence-electron chi connectivity index (χ3n) is 4.44. The number of rotatable bonds is 8. The Labute approximate surface area is 129 Å². The maximum atomic E-state index is 5.71. The van der Waals surface area contributed by atoms with E-state index in [1.807, 2.05) is 6.26 Å². The molecule has 2 aliphatic carbocycles. The predicted octanol–water partition coefficient (Wildman–Crippen LogP) is 3.79. The summed E-state index contributed by atoms with van der Waals surface area (Å²) >= 11 is 0. The van der Waals surface area contributed by atoms with Crippen LogP contribution in [0.15, 0.2) is 16.7 Å². The average molecular weight is 290 g/mol. The first kappa shape index (κ1) is 15.1. The van der Waals surface area contributed by atoms with Gasteiger partial charge in [-0.1, -0.05) is 0 Å². The van der Waals surface area contributed by atoms with Gasteiger partial charge in [0.15, 0.2) is 0 Å². The van der Waals surface area contributed by atoms with E-state index in [1.54, 1.807) is 0 Å². The number of furan rings is 1. The van der Waals surface area contributed by atoms with E-state index >= 15 is 0 Å². The molecular formula is C18H30N2O. The predicted molar refractivity (Wildman–Crippen MR) is 86.0 cm³/mol. The van der Waals surface area contributed by atoms with E-state index in [4.69, 9.17) is 4.42 Å². The molecule has 2 saturated carbocycles. The molecule has 0 amide bonds. The van der Waals surface area contributed by atoms with E-state index in [2.05, 4.69) is 37.1 Å². The molecule has 0 aromatic carbocycles. The number of hydrogen-bond acceptors (Lipinski definition) is 3. The van der Waals surface area contributed by atoms with Gasteiger partial charge in [-0.15, -0.1) is 0 Å². The topological polar surface area (TPSA) is 28.4 Å². The maximum absolute atomic E-state index is 5.71. The van der Waals surface area contributed by atoms with Gasteiger partial charge in [0.05, 0.1) is 12.8 Å². The second kappa shape index (κ2) is 6.13. The zero-order valence-electron chi connectivity index (χ0n) is 13.8. The van der Waals surface area contributed by atoms with Crippen LogP contribution in [0.2, 0.25) is 0 Å². The highest BCUT2D eigenvalue weighted by atomic mass is 16.3. The Kier molecular flexibility index (Phi) is 4.41. The van der Waals surface area contributed by atoms with E-state index in [0.29, 0.717) is 0 Å². The van der Waals surface area contributed by atoms with E-state index in [9.17, 15) is 0 Å². The van der Waals surface area contributed by atoms with Crippen molar-refractivity contribution in [3.8, 4) is 0 Å². The summed E-state index contributed by atoms with van der Waals surface area (Å²) in [6.07, 6.45) is 7.59. The first-order valence-electron chi connectivity index (χ1n) is 8.52. The first-order valence-corrected chi connectivity index (χ1v) is 8.52. The van der Waals surface area contributed by atoms with Crippen molar-refractivity contribution >= 4 is 0 Å². The lowest BCUT2D eigenvalue weighted by Crippen LogP contribution is -2.35. The van der Waals surface area contributed by atoms with Crippen LogP contribution in [-0.4, -0.2) is 23.5 Å². The van der Waals surface area contributed by atoms with Crippen molar-refractivity contribution in [2.45, 2.75) is 65.1 Å². The fourth-order valence-electron chi connectivity index (χ4n) is 2.78. The summed E-state index contributed by atoms with van der Waals surface area (Å²) < 4.78 is 5.71. The highest BCUT2D eigenvalue weighted by molar-refractivity contribution is 5.17. The smallest absolute Gasteiger partial charge is 0.122 e. The van der Waals surface area contributed by atoms with Gasteiger partial charge in [-0.3, -0.25) is 4.90 Å². The summed E-state index contributed by atoms with van der Waals surface area (Å²) in [6, 6.07) is 2.16. The van der Waals surface area contributed by atoms with E-state index in [1.165, 1.54) is 44.3 Å². The van der Waals surface area contributed by atoms with Crippen LogP contribution < -0.4 is 5.32 Å². The van der Waals surface area contributed by atoms with Crippen molar-refractivity contribution in [1.29, 1.82) is 0 Å². The minimum atomic E-state index is 0.131. The van der Waals surface area contributed by atoms with Gasteiger partial charge in [-0.05, 0) is 64.4 Å². The van der Waals surface area contributed by atoms with Crippen molar-refractivity contribution in [2.75, 3.05) is 13.1 Å². The molecule has 0 atom stereocenters. The molecule has 3 nitrogen and oxygen atoms in total. The molecule has 1 heterocycles. The molecule has 0 unspecified atom stereocenters. The summed E-state index contributed by atoms with van der Waals surface area (Å²) in [5, 5.41) is 3.53. The SMILES string of the molecule is CC(C)(C)NCc1occc1CN(CC1CC1)CC1CC1. The van der Waals surface area contributed by atoms with Crippen LogP contribution in [0.3, 0.4) is 0 Å². The summed E-state index contributed by atoms with van der Waals surface area (Å²) in [7, 11) is 0. The van der Waals surface area contributed by atoms with Crippen molar-refractivity contribution in [1.82, 2.24) is 10.2 Å². The first-order chi connectivity index (χ1) is 9.99. The average Bonchev–Trinajstić information content (AvgIpc) is 3.30. The Bertz CT molecular complexity index is 438. The van der Waals surface area contributed by atoms with Gasteiger partial charge < -0.3 is 9.73 Å². The zero-order valence-corrected chi connectivity index (χ0v) is 13.8. The third kappa shape index (κ3) is 5.15. The molecule has 3 heteroatoms. The summed E-state index contributed by atoms with van der Waals surface area (Å²) in [5.74, 6) is 3.04. The molecule has 2 fully saturated rings. The van der Waals surface area contributed by atoms with E-state index in [-0.39, 0.29) is 5.54 Å². The lowest BCUT2D eigenvalue weighted by molar-refractivity contribution is 0.241. The molecule has 1 aromatic heterocycles. The lowest BCUT2D eigenvalue weighted by atomic mass is 10.1. The molecule has 0 aliphatic heterocycles. The Hall–Kier alpha value is -0.800. The van der Waals surface area contributed by atoms with Gasteiger partial charge in [0.1, 0.15) is 5.76 Å². The zero-order chi connectivity index (χ0) is 14.9. The lowest BCUT2D eigenvalue weighted by Gasteiger charge is -2.23. The van der Waals surface area contributed by atoms with E-state index in [0.717, 1.165) is 30.7 Å². The second-order valence-electron chi connectivity index (χ2n) is 8.05. The summed E-state index contributed by atoms with van der Waals surface area (Å²) in [5.41, 5.74) is 1.50. The summed E-state index contributed by atoms with van der Waals surface area (Å²) in [6.45, 7) is 11.0. The van der Waals surface area contributed by atoms with Crippen LogP contribution in [-0.2, 0) is 13.1 Å². The number of nitrogens with zero attached hydrogens (tertiary/aromatic N) is 1. The molecule has 0 radical (unpaired) electrons. The highest BCUT2D eigenvalue weighted by Gasteiger charge is 2.29. The van der Waals surface area contributed by atoms with Gasteiger partial charge in [-0.2, -0.15) is 0 Å². The van der Waals surface area contributed by atoms with Crippen LogP contribution in [0.4, 0.5) is 0 Å². The molecule has 0 spiro atoms. The van der Waals surface area contributed by atoms with Gasteiger partial charge >= 0.3 is 0 Å². The minimum absolute atomic E-state index is 0.131. The van der Waals surface area contributed by atoms with Crippen molar-refractivity contribution in [3.63, 3.8) is 0 Å². The fraction of sp³-hybridized carbons (Fsp3) is 0.778. The molecule has 21 heavy (non-hydrogen) atoms. The number of nitrogens with one attached hydrogen (secondary N) is 1. The molecule has 2 aliphatic rings. The van der Waals surface area contributed by atoms with Gasteiger partial charge in [-0.25, -0.2) is 0 Å². The maximum Gasteiger partial charge on any atom is 0.122 e. The van der Waals surface area contributed by atoms with Crippen LogP contribution in [0.25, 0.3) is 0 Å². The molecule has 1 aromatic rings. The quantitative estimate of drug-likeness (QED) is 0.789. The van der Waals surface area contributed by atoms with Crippen LogP contribution >= 0.6 is 0 Å². The summed E-state index contributed by atoms with van der Waals surface area (Å²) in [4.78, 5) is 2.67. The molecule has 0 saturated heterocycles. The fourth-order valence-corrected chi connectivity index (χ4v) is 2.78. The second-order valence-corrected chi connectivity index (χ2v) is 8.05. The van der Waals surface area contributed by atoms with Crippen molar-refractivity contribution in [3.05, 3.63) is 23.7 Å². The van der Waals surface area contributed by atoms with Crippen molar-refractivity contribution < 1.29 is 4.42 Å². The monoisotopic (exact) mass is 290 g/mol. The van der Waals surface area contributed by atoms with Gasteiger partial charge in [0, 0.05) is 30.7 Å². The largest absolute Gasteiger partial charge is 0.468 e. The van der Waals surface area contributed by atoms with Crippen LogP contribution in [0.5, 0.6) is 0 Å². The van der Waals surface area contributed by atoms with Gasteiger partial charge in [0.2, 0.25) is 0 Å². The van der Waals surface area contributed by atoms with Crippen LogP contribution in [0, 0.1) is 11.8 Å². The Balaban J connectivity index is 1.57. The Morgan fingerprint density at radius 3 is 2.29 bits per heavy atom. The third-order valence-corrected chi connectivity index (χ3v) is 4.44. The Morgan fingerprint density at radius 1 is 1.14 bits per heavy atom. The standard InChI is InChI=1S/C18H30N2O/c1-18(2,3)19-10-17-16(8-9-21-17)13-20(11-14-4-5-14)12-15-6-7-15/h8-9,14-15,19H,4-7,10-13H2,1-3H3. The van der Waals surface area contributed by atoms with Crippen molar-refractivity contribution in [2.24, 2.45) is 11.8 Å². The van der Waals surface area contributed by atoms with E-state index < -0.39 is 0 Å². The minimum Gasteiger partial charge on any atom is -0.468 e. The van der Waals surface area contributed by atoms with Crippen LogP contribution in [0.1, 0.15) is 57.8 Å². The van der Waals surface area contributed by atoms with Gasteiger partial charge in [0.25, 0.3) is 0 Å². The molecule has 1 N–H and O–H groups in total.